The first-order valence-electron chi connectivity index (χ1n) is 6.62. The molecule has 19 heavy (non-hydrogen) atoms. The number of allylic oxidation sites excluding steroid dienone is 1. The molecule has 0 amide bonds. The molecule has 0 aliphatic carbocycles. The Hall–Kier alpha value is -2.03. The molecule has 3 nitrogen and oxygen atoms in total. The molecule has 1 heterocycles. The molecule has 1 aromatic carbocycles. The van der Waals surface area contributed by atoms with Crippen molar-refractivity contribution >= 4 is 5.82 Å². The fraction of sp³-hybridized carbons (Fsp3) is 0.312. The van der Waals surface area contributed by atoms with Crippen LogP contribution in [0.2, 0.25) is 0 Å². The standard InChI is InChI=1S/C16H21N3/c1-5-10-19-14(6-2)18-15(16(19)17)13-9-7-8-11(3)12(13)4/h5,7-9H,1,6,10,17H2,2-4H3. The van der Waals surface area contributed by atoms with E-state index in [1.165, 1.54) is 11.1 Å². The van der Waals surface area contributed by atoms with Gasteiger partial charge in [-0.2, -0.15) is 0 Å². The SMILES string of the molecule is C=CCn1c(CC)nc(-c2cccc(C)c2C)c1N. The molecule has 1 aromatic heterocycles. The largest absolute Gasteiger partial charge is 0.383 e. The molecule has 2 rings (SSSR count). The van der Waals surface area contributed by atoms with E-state index in [2.05, 4.69) is 45.5 Å². The minimum Gasteiger partial charge on any atom is -0.383 e. The molecule has 2 N–H and O–H groups in total. The topological polar surface area (TPSA) is 43.8 Å². The Labute approximate surface area is 114 Å². The molecule has 0 atom stereocenters. The van der Waals surface area contributed by atoms with E-state index in [9.17, 15) is 0 Å². The molecule has 100 valence electrons. The summed E-state index contributed by atoms with van der Waals surface area (Å²) in [4.78, 5) is 4.71. The van der Waals surface area contributed by atoms with Gasteiger partial charge in [-0.3, -0.25) is 0 Å². The number of nitrogen functional groups attached to an aromatic ring is 1. The van der Waals surface area contributed by atoms with Gasteiger partial charge in [0, 0.05) is 18.5 Å². The van der Waals surface area contributed by atoms with E-state index < -0.39 is 0 Å². The van der Waals surface area contributed by atoms with Crippen molar-refractivity contribution in [3.05, 3.63) is 47.8 Å². The summed E-state index contributed by atoms with van der Waals surface area (Å²) in [7, 11) is 0. The van der Waals surface area contributed by atoms with Crippen LogP contribution in [0, 0.1) is 13.8 Å². The number of nitrogens with zero attached hydrogens (tertiary/aromatic N) is 2. The van der Waals surface area contributed by atoms with Gasteiger partial charge in [0.1, 0.15) is 17.3 Å². The Morgan fingerprint density at radius 3 is 2.74 bits per heavy atom. The van der Waals surface area contributed by atoms with Crippen LogP contribution >= 0.6 is 0 Å². The van der Waals surface area contributed by atoms with Crippen molar-refractivity contribution in [3.8, 4) is 11.3 Å². The third-order valence-corrected chi connectivity index (χ3v) is 3.57. The number of anilines is 1. The lowest BCUT2D eigenvalue weighted by Gasteiger charge is -2.08. The lowest BCUT2D eigenvalue weighted by atomic mass is 10.0. The quantitative estimate of drug-likeness (QED) is 0.850. The summed E-state index contributed by atoms with van der Waals surface area (Å²) in [6.45, 7) is 10.8. The summed E-state index contributed by atoms with van der Waals surface area (Å²) in [5.41, 5.74) is 10.8. The van der Waals surface area contributed by atoms with Crippen LogP contribution in [0.15, 0.2) is 30.9 Å². The van der Waals surface area contributed by atoms with Gasteiger partial charge in [-0.1, -0.05) is 31.2 Å². The number of benzene rings is 1. The van der Waals surface area contributed by atoms with Crippen LogP contribution in [-0.4, -0.2) is 9.55 Å². The Kier molecular flexibility index (Phi) is 3.74. The minimum absolute atomic E-state index is 0.701. The van der Waals surface area contributed by atoms with E-state index in [1.807, 2.05) is 10.6 Å². The average molecular weight is 255 g/mol. The predicted molar refractivity (Wildman–Crippen MR) is 81.1 cm³/mol. The zero-order chi connectivity index (χ0) is 14.0. The summed E-state index contributed by atoms with van der Waals surface area (Å²) in [6, 6.07) is 6.24. The Bertz CT molecular complexity index is 609. The fourth-order valence-electron chi connectivity index (χ4n) is 2.32. The van der Waals surface area contributed by atoms with Crippen molar-refractivity contribution in [2.75, 3.05) is 5.73 Å². The number of nitrogens with two attached hydrogens (primary N) is 1. The van der Waals surface area contributed by atoms with Crippen LogP contribution in [0.5, 0.6) is 0 Å². The molecule has 0 aliphatic heterocycles. The zero-order valence-corrected chi connectivity index (χ0v) is 11.9. The second kappa shape index (κ2) is 5.31. The van der Waals surface area contributed by atoms with Gasteiger partial charge in [0.05, 0.1) is 0 Å². The highest BCUT2D eigenvalue weighted by Gasteiger charge is 2.16. The van der Waals surface area contributed by atoms with Gasteiger partial charge < -0.3 is 10.3 Å². The lowest BCUT2D eigenvalue weighted by Crippen LogP contribution is -2.05. The molecule has 0 saturated heterocycles. The van der Waals surface area contributed by atoms with Crippen LogP contribution in [0.25, 0.3) is 11.3 Å². The van der Waals surface area contributed by atoms with Gasteiger partial charge in [0.2, 0.25) is 0 Å². The predicted octanol–water partition coefficient (Wildman–Crippen LogP) is 3.50. The molecule has 0 bridgehead atoms. The van der Waals surface area contributed by atoms with Crippen LogP contribution in [0.1, 0.15) is 23.9 Å². The van der Waals surface area contributed by atoms with E-state index >= 15 is 0 Å². The van der Waals surface area contributed by atoms with E-state index in [0.29, 0.717) is 6.54 Å². The molecular formula is C16H21N3. The van der Waals surface area contributed by atoms with Crippen molar-refractivity contribution in [2.45, 2.75) is 33.7 Å². The van der Waals surface area contributed by atoms with Gasteiger partial charge >= 0.3 is 0 Å². The average Bonchev–Trinajstić information content (AvgIpc) is 2.71. The fourth-order valence-corrected chi connectivity index (χ4v) is 2.32. The second-order valence-corrected chi connectivity index (χ2v) is 4.76. The summed E-state index contributed by atoms with van der Waals surface area (Å²) >= 11 is 0. The van der Waals surface area contributed by atoms with Gasteiger partial charge in [-0.15, -0.1) is 6.58 Å². The third kappa shape index (κ3) is 2.28. The maximum Gasteiger partial charge on any atom is 0.132 e. The van der Waals surface area contributed by atoms with E-state index in [0.717, 1.165) is 29.3 Å². The molecule has 0 unspecified atom stereocenters. The smallest absolute Gasteiger partial charge is 0.132 e. The van der Waals surface area contributed by atoms with Crippen LogP contribution in [0.3, 0.4) is 0 Å². The minimum atomic E-state index is 0.701. The zero-order valence-electron chi connectivity index (χ0n) is 11.9. The van der Waals surface area contributed by atoms with Gasteiger partial charge in [0.15, 0.2) is 0 Å². The molecule has 0 aliphatic rings. The molecule has 0 saturated carbocycles. The Balaban J connectivity index is 2.63. The lowest BCUT2D eigenvalue weighted by molar-refractivity contribution is 0.757. The molecule has 3 heteroatoms. The molecule has 0 spiro atoms. The summed E-state index contributed by atoms with van der Waals surface area (Å²) in [5.74, 6) is 1.73. The van der Waals surface area contributed by atoms with Crippen LogP contribution < -0.4 is 5.73 Å². The number of rotatable bonds is 4. The summed E-state index contributed by atoms with van der Waals surface area (Å²) in [6.07, 6.45) is 2.72. The second-order valence-electron chi connectivity index (χ2n) is 4.76. The van der Waals surface area contributed by atoms with Crippen molar-refractivity contribution in [1.82, 2.24) is 9.55 Å². The number of aryl methyl sites for hydroxylation is 2. The third-order valence-electron chi connectivity index (χ3n) is 3.57. The first-order valence-corrected chi connectivity index (χ1v) is 6.62. The van der Waals surface area contributed by atoms with E-state index in [1.54, 1.807) is 0 Å². The van der Waals surface area contributed by atoms with Crippen molar-refractivity contribution in [3.63, 3.8) is 0 Å². The van der Waals surface area contributed by atoms with Crippen molar-refractivity contribution < 1.29 is 0 Å². The number of hydrogen-bond donors (Lipinski definition) is 1. The number of hydrogen-bond acceptors (Lipinski definition) is 2. The maximum absolute atomic E-state index is 6.27. The highest BCUT2D eigenvalue weighted by atomic mass is 15.1. The van der Waals surface area contributed by atoms with Crippen molar-refractivity contribution in [1.29, 1.82) is 0 Å². The monoisotopic (exact) mass is 255 g/mol. The van der Waals surface area contributed by atoms with Crippen LogP contribution in [-0.2, 0) is 13.0 Å². The number of aromatic nitrogens is 2. The van der Waals surface area contributed by atoms with E-state index in [-0.39, 0.29) is 0 Å². The van der Waals surface area contributed by atoms with Gasteiger partial charge in [-0.05, 0) is 25.0 Å². The summed E-state index contributed by atoms with van der Waals surface area (Å²) < 4.78 is 2.03. The first-order chi connectivity index (χ1) is 9.10. The molecule has 0 fully saturated rings. The Morgan fingerprint density at radius 1 is 1.37 bits per heavy atom. The van der Waals surface area contributed by atoms with Gasteiger partial charge in [0.25, 0.3) is 0 Å². The first kappa shape index (κ1) is 13.4. The van der Waals surface area contributed by atoms with Crippen molar-refractivity contribution in [2.24, 2.45) is 0 Å². The normalized spacial score (nSPS) is 10.7. The highest BCUT2D eigenvalue weighted by molar-refractivity contribution is 5.74. The molecular weight excluding hydrogens is 234 g/mol. The Morgan fingerprint density at radius 2 is 2.11 bits per heavy atom. The summed E-state index contributed by atoms with van der Waals surface area (Å²) in [5, 5.41) is 0. The maximum atomic E-state index is 6.27. The molecule has 2 aromatic rings. The van der Waals surface area contributed by atoms with Gasteiger partial charge in [-0.25, -0.2) is 4.98 Å². The number of imidazole rings is 1. The van der Waals surface area contributed by atoms with Crippen LogP contribution in [0.4, 0.5) is 5.82 Å². The molecule has 0 radical (unpaired) electrons. The van der Waals surface area contributed by atoms with E-state index in [4.69, 9.17) is 10.7 Å². The highest BCUT2D eigenvalue weighted by Crippen LogP contribution is 2.30.